The number of carbonyl (C=O) groups excluding carboxylic acids is 2. The van der Waals surface area contributed by atoms with Crippen LogP contribution in [0.5, 0.6) is 0 Å². The number of rotatable bonds is 5. The molecule has 2 aliphatic rings. The lowest BCUT2D eigenvalue weighted by molar-refractivity contribution is 0.0577. The van der Waals surface area contributed by atoms with Gasteiger partial charge in [-0.25, -0.2) is 9.97 Å². The summed E-state index contributed by atoms with van der Waals surface area (Å²) >= 11 is 15.4. The monoisotopic (exact) mass is 559 g/mol. The first-order chi connectivity index (χ1) is 17.3. The molecule has 3 aromatic heterocycles. The number of halogens is 2. The fraction of sp³-hybridized carbons (Fsp3) is 0.360. The van der Waals surface area contributed by atoms with E-state index in [0.29, 0.717) is 39.6 Å². The average molecular weight is 561 g/mol. The topological polar surface area (TPSA) is 79.6 Å². The first kappa shape index (κ1) is 23.9. The number of nitrogens with zero attached hydrogens (tertiary/aromatic N) is 4. The van der Waals surface area contributed by atoms with Gasteiger partial charge in [0.15, 0.2) is 4.96 Å². The maximum absolute atomic E-state index is 14.0. The van der Waals surface area contributed by atoms with Gasteiger partial charge in [0.1, 0.15) is 11.4 Å². The van der Waals surface area contributed by atoms with Gasteiger partial charge in [-0.3, -0.25) is 14.0 Å². The predicted octanol–water partition coefficient (Wildman–Crippen LogP) is 5.87. The summed E-state index contributed by atoms with van der Waals surface area (Å²) in [6, 6.07) is 5.47. The third kappa shape index (κ3) is 3.93. The van der Waals surface area contributed by atoms with Crippen LogP contribution >= 0.6 is 45.9 Å². The Labute approximate surface area is 226 Å². The van der Waals surface area contributed by atoms with E-state index in [2.05, 4.69) is 15.3 Å². The van der Waals surface area contributed by atoms with Gasteiger partial charge in [-0.2, -0.15) is 0 Å². The van der Waals surface area contributed by atoms with Crippen LogP contribution in [0.1, 0.15) is 50.9 Å². The summed E-state index contributed by atoms with van der Waals surface area (Å²) in [5.41, 5.74) is 2.50. The number of thiazole rings is 2. The van der Waals surface area contributed by atoms with Crippen LogP contribution in [0.15, 0.2) is 29.8 Å². The van der Waals surface area contributed by atoms with E-state index < -0.39 is 0 Å². The highest BCUT2D eigenvalue weighted by Gasteiger charge is 2.49. The number of carbonyl (C=O) groups is 2. The first-order valence-electron chi connectivity index (χ1n) is 11.8. The lowest BCUT2D eigenvalue weighted by Crippen LogP contribution is -2.50. The number of benzene rings is 1. The van der Waals surface area contributed by atoms with E-state index in [0.717, 1.165) is 39.7 Å². The summed E-state index contributed by atoms with van der Waals surface area (Å²) in [5.74, 6) is 0.0994. The normalized spacial score (nSPS) is 21.0. The summed E-state index contributed by atoms with van der Waals surface area (Å²) in [7, 11) is 0. The highest BCUT2D eigenvalue weighted by atomic mass is 35.5. The molecule has 0 unspecified atom stereocenters. The van der Waals surface area contributed by atoms with E-state index in [1.165, 1.54) is 22.7 Å². The molecule has 11 heteroatoms. The number of nitrogens with one attached hydrogen (secondary N) is 1. The Bertz CT molecular complexity index is 1510. The van der Waals surface area contributed by atoms with Crippen molar-refractivity contribution in [2.24, 2.45) is 5.92 Å². The summed E-state index contributed by atoms with van der Waals surface area (Å²) in [6.07, 6.45) is 4.85. The zero-order chi connectivity index (χ0) is 25.1. The van der Waals surface area contributed by atoms with Gasteiger partial charge in [0.2, 0.25) is 0 Å². The number of aromatic nitrogens is 3. The molecule has 7 nitrogen and oxygen atoms in total. The van der Waals surface area contributed by atoms with Crippen LogP contribution in [0.2, 0.25) is 10.0 Å². The van der Waals surface area contributed by atoms with Crippen LogP contribution in [0, 0.1) is 19.8 Å². The Hall–Kier alpha value is -2.46. The Kier molecular flexibility index (Phi) is 6.06. The zero-order valence-corrected chi connectivity index (χ0v) is 22.8. The van der Waals surface area contributed by atoms with Gasteiger partial charge < -0.3 is 10.2 Å². The molecule has 1 aliphatic heterocycles. The fourth-order valence-corrected chi connectivity index (χ4v) is 7.61. The molecule has 1 saturated heterocycles. The van der Waals surface area contributed by atoms with E-state index in [4.69, 9.17) is 23.2 Å². The molecule has 0 spiro atoms. The van der Waals surface area contributed by atoms with Crippen molar-refractivity contribution in [2.45, 2.75) is 45.2 Å². The lowest BCUT2D eigenvalue weighted by atomic mass is 9.98. The quantitative estimate of drug-likeness (QED) is 0.331. The smallest absolute Gasteiger partial charge is 0.274 e. The Morgan fingerprint density at radius 3 is 2.81 bits per heavy atom. The van der Waals surface area contributed by atoms with Gasteiger partial charge in [0.05, 0.1) is 31.7 Å². The van der Waals surface area contributed by atoms with Crippen LogP contribution in [0.4, 0.5) is 0 Å². The third-order valence-corrected chi connectivity index (χ3v) is 9.73. The molecule has 3 atom stereocenters. The number of hydrogen-bond donors (Lipinski definition) is 1. The Morgan fingerprint density at radius 1 is 1.17 bits per heavy atom. The van der Waals surface area contributed by atoms with Gasteiger partial charge in [-0.1, -0.05) is 29.3 Å². The molecular weight excluding hydrogens is 537 g/mol. The lowest BCUT2D eigenvalue weighted by Gasteiger charge is -2.35. The molecule has 6 rings (SSSR count). The van der Waals surface area contributed by atoms with E-state index in [1.807, 2.05) is 40.8 Å². The van der Waals surface area contributed by atoms with E-state index in [1.54, 1.807) is 12.1 Å². The third-order valence-electron chi connectivity index (χ3n) is 7.22. The number of aryl methyl sites for hydroxylation is 2. The molecule has 0 radical (unpaired) electrons. The second kappa shape index (κ2) is 9.13. The van der Waals surface area contributed by atoms with Crippen LogP contribution < -0.4 is 5.32 Å². The molecule has 2 bridgehead atoms. The standard InChI is InChI=1S/C25H23Cl2N5O2S2/c1-12-21(31-7-8-35-25(31)29-12)23(33)28-11-19-14-3-5-16(9-14)32(19)24(34)20-22(36-13(2)30-20)15-4-6-17(26)18(27)10-15/h4,6-8,10,14,16,19H,3,5,9,11H2,1-2H3,(H,28,33)/t14-,16+,19+/m0/s1. The maximum Gasteiger partial charge on any atom is 0.274 e. The molecule has 36 heavy (non-hydrogen) atoms. The number of amides is 2. The predicted molar refractivity (Wildman–Crippen MR) is 144 cm³/mol. The summed E-state index contributed by atoms with van der Waals surface area (Å²) < 4.78 is 1.82. The minimum Gasteiger partial charge on any atom is -0.349 e. The minimum absolute atomic E-state index is 0.0740. The Morgan fingerprint density at radius 2 is 2.00 bits per heavy atom. The van der Waals surface area contributed by atoms with Gasteiger partial charge in [0, 0.05) is 24.2 Å². The number of fused-ring (bicyclic) bond motifs is 3. The van der Waals surface area contributed by atoms with Crippen molar-refractivity contribution in [3.05, 3.63) is 61.9 Å². The molecule has 1 N–H and O–H groups in total. The maximum atomic E-state index is 14.0. The Balaban J connectivity index is 1.27. The highest BCUT2D eigenvalue weighted by Crippen LogP contribution is 2.44. The number of hydrogen-bond acceptors (Lipinski definition) is 6. The van der Waals surface area contributed by atoms with Crippen molar-refractivity contribution in [1.82, 2.24) is 24.6 Å². The second-order valence-electron chi connectivity index (χ2n) is 9.36. The van der Waals surface area contributed by atoms with Gasteiger partial charge >= 0.3 is 0 Å². The van der Waals surface area contributed by atoms with Crippen LogP contribution in [0.3, 0.4) is 0 Å². The van der Waals surface area contributed by atoms with E-state index in [-0.39, 0.29) is 23.9 Å². The molecule has 186 valence electrons. The molecule has 1 aliphatic carbocycles. The number of likely N-dealkylation sites (tertiary alicyclic amines) is 1. The first-order valence-corrected chi connectivity index (χ1v) is 14.2. The molecule has 1 aromatic carbocycles. The second-order valence-corrected chi connectivity index (χ2v) is 12.2. The van der Waals surface area contributed by atoms with E-state index in [9.17, 15) is 9.59 Å². The van der Waals surface area contributed by atoms with Crippen molar-refractivity contribution in [3.8, 4) is 10.4 Å². The molecule has 1 saturated carbocycles. The molecule has 2 fully saturated rings. The van der Waals surface area contributed by atoms with Gasteiger partial charge in [-0.05, 0) is 56.7 Å². The van der Waals surface area contributed by atoms with E-state index >= 15 is 0 Å². The van der Waals surface area contributed by atoms with Gasteiger partial charge in [0.25, 0.3) is 11.8 Å². The van der Waals surface area contributed by atoms with Crippen molar-refractivity contribution in [2.75, 3.05) is 6.54 Å². The van der Waals surface area contributed by atoms with Crippen molar-refractivity contribution in [3.63, 3.8) is 0 Å². The molecule has 4 aromatic rings. The summed E-state index contributed by atoms with van der Waals surface area (Å²) in [5, 5.41) is 6.73. The molecular formula is C25H23Cl2N5O2S2. The molecule has 2 amide bonds. The number of imidazole rings is 1. The fourth-order valence-electron chi connectivity index (χ4n) is 5.65. The summed E-state index contributed by atoms with van der Waals surface area (Å²) in [6.45, 7) is 4.14. The highest BCUT2D eigenvalue weighted by molar-refractivity contribution is 7.15. The SMILES string of the molecule is Cc1nc(C(=O)N2[C@@H]3CC[C@@H](C3)[C@H]2CNC(=O)c2c(C)nc3sccn23)c(-c2ccc(Cl)c(Cl)c2)s1. The molecule has 4 heterocycles. The van der Waals surface area contributed by atoms with Crippen molar-refractivity contribution in [1.29, 1.82) is 0 Å². The van der Waals surface area contributed by atoms with Gasteiger partial charge in [-0.15, -0.1) is 22.7 Å². The van der Waals surface area contributed by atoms with Crippen molar-refractivity contribution < 1.29 is 9.59 Å². The van der Waals surface area contributed by atoms with Crippen LogP contribution in [-0.2, 0) is 0 Å². The van der Waals surface area contributed by atoms with Crippen molar-refractivity contribution >= 4 is 62.7 Å². The van der Waals surface area contributed by atoms with Crippen LogP contribution in [-0.4, -0.2) is 49.7 Å². The number of piperidine rings is 1. The summed E-state index contributed by atoms with van der Waals surface area (Å²) in [4.78, 5) is 39.8. The average Bonchev–Trinajstić information content (AvgIpc) is 3.65. The zero-order valence-electron chi connectivity index (χ0n) is 19.6. The largest absolute Gasteiger partial charge is 0.349 e. The minimum atomic E-state index is -0.172. The van der Waals surface area contributed by atoms with Crippen LogP contribution in [0.25, 0.3) is 15.4 Å².